The molecule has 5 rings (SSSR count). The first-order chi connectivity index (χ1) is 13.9. The molecule has 2 heterocycles. The number of amides is 3. The maximum absolute atomic E-state index is 13.0. The molecule has 1 saturated carbocycles. The summed E-state index contributed by atoms with van der Waals surface area (Å²) in [5.74, 6) is -2.03. The number of allylic oxidation sites excluding steroid dienone is 2. The van der Waals surface area contributed by atoms with Gasteiger partial charge in [0.05, 0.1) is 21.7 Å². The third-order valence-electron chi connectivity index (χ3n) is 5.82. The molecule has 8 nitrogen and oxygen atoms in total. The SMILES string of the molecule is O=C1/C(=C/c2ccc([N+](=O)[O-])cc2)SC(=S)N1N1C(=O)[C@@H]2[C@H](C1=O)[C@H]1C=C[C@H]2C1. The largest absolute Gasteiger partial charge is 0.285 e. The third-order valence-corrected chi connectivity index (χ3v) is 7.10. The summed E-state index contributed by atoms with van der Waals surface area (Å²) in [6, 6.07) is 5.71. The lowest BCUT2D eigenvalue weighted by atomic mass is 9.85. The Kier molecular flexibility index (Phi) is 3.97. The van der Waals surface area contributed by atoms with E-state index in [1.165, 1.54) is 24.3 Å². The highest BCUT2D eigenvalue weighted by atomic mass is 32.2. The molecule has 1 aromatic carbocycles. The van der Waals surface area contributed by atoms with Gasteiger partial charge in [0.15, 0.2) is 4.32 Å². The normalized spacial score (nSPS) is 31.5. The summed E-state index contributed by atoms with van der Waals surface area (Å²) in [6.45, 7) is 0. The molecule has 4 atom stereocenters. The Hall–Kier alpha value is -2.85. The second kappa shape index (κ2) is 6.33. The minimum Gasteiger partial charge on any atom is -0.272 e. The Morgan fingerprint density at radius 1 is 1.03 bits per heavy atom. The van der Waals surface area contributed by atoms with E-state index < -0.39 is 22.7 Å². The fourth-order valence-corrected chi connectivity index (χ4v) is 5.80. The lowest BCUT2D eigenvalue weighted by Gasteiger charge is -2.25. The van der Waals surface area contributed by atoms with E-state index in [2.05, 4.69) is 0 Å². The van der Waals surface area contributed by atoms with Crippen molar-refractivity contribution in [2.24, 2.45) is 23.7 Å². The summed E-state index contributed by atoms with van der Waals surface area (Å²) < 4.78 is 0.116. The van der Waals surface area contributed by atoms with Crippen LogP contribution >= 0.6 is 24.0 Å². The monoisotopic (exact) mass is 427 g/mol. The van der Waals surface area contributed by atoms with E-state index in [-0.39, 0.29) is 38.6 Å². The molecule has 0 radical (unpaired) electrons. The molecule has 0 spiro atoms. The van der Waals surface area contributed by atoms with Gasteiger partial charge in [-0.3, -0.25) is 24.5 Å². The van der Waals surface area contributed by atoms with Crippen molar-refractivity contribution >= 4 is 57.8 Å². The van der Waals surface area contributed by atoms with Crippen molar-refractivity contribution in [3.8, 4) is 0 Å². The number of non-ortho nitro benzene ring substituents is 1. The van der Waals surface area contributed by atoms with Crippen LogP contribution in [0.4, 0.5) is 5.69 Å². The molecule has 4 aliphatic rings. The zero-order valence-electron chi connectivity index (χ0n) is 14.8. The summed E-state index contributed by atoms with van der Waals surface area (Å²) in [7, 11) is 0. The number of nitro groups is 1. The van der Waals surface area contributed by atoms with Crippen molar-refractivity contribution < 1.29 is 19.3 Å². The topological polar surface area (TPSA) is 101 Å². The minimum atomic E-state index is -0.541. The number of fused-ring (bicyclic) bond motifs is 5. The quantitative estimate of drug-likeness (QED) is 0.182. The number of hydrogen-bond donors (Lipinski definition) is 0. The van der Waals surface area contributed by atoms with Crippen LogP contribution < -0.4 is 0 Å². The van der Waals surface area contributed by atoms with Crippen LogP contribution in [0.2, 0.25) is 0 Å². The molecule has 10 heteroatoms. The third kappa shape index (κ3) is 2.59. The molecule has 0 unspecified atom stereocenters. The molecule has 2 aliphatic heterocycles. The van der Waals surface area contributed by atoms with Crippen molar-refractivity contribution in [1.82, 2.24) is 10.0 Å². The molecule has 1 aromatic rings. The minimum absolute atomic E-state index is 0.0421. The Balaban J connectivity index is 1.42. The van der Waals surface area contributed by atoms with Gasteiger partial charge in [-0.05, 0) is 54.2 Å². The first kappa shape index (κ1) is 18.2. The van der Waals surface area contributed by atoms with Crippen LogP contribution in [0.3, 0.4) is 0 Å². The number of hydrazine groups is 1. The first-order valence-electron chi connectivity index (χ1n) is 8.95. The number of thiocarbonyl (C=S) groups is 1. The number of benzene rings is 1. The van der Waals surface area contributed by atoms with Crippen LogP contribution in [0, 0.1) is 33.8 Å². The summed E-state index contributed by atoms with van der Waals surface area (Å²) in [6.07, 6.45) is 6.32. The molecule has 3 fully saturated rings. The number of rotatable bonds is 3. The second-order valence-electron chi connectivity index (χ2n) is 7.33. The van der Waals surface area contributed by atoms with Crippen molar-refractivity contribution in [3.63, 3.8) is 0 Å². The average molecular weight is 427 g/mol. The second-order valence-corrected chi connectivity index (χ2v) is 9.01. The number of carbonyl (C=O) groups excluding carboxylic acids is 3. The summed E-state index contributed by atoms with van der Waals surface area (Å²) in [5.41, 5.74) is 0.520. The summed E-state index contributed by atoms with van der Waals surface area (Å²) in [4.78, 5) is 49.4. The number of imide groups is 1. The molecule has 2 saturated heterocycles. The number of nitro benzene ring substituents is 1. The van der Waals surface area contributed by atoms with Crippen molar-refractivity contribution in [3.05, 3.63) is 57.0 Å². The zero-order chi connectivity index (χ0) is 20.4. The highest BCUT2D eigenvalue weighted by Crippen LogP contribution is 2.53. The number of hydrogen-bond acceptors (Lipinski definition) is 7. The van der Waals surface area contributed by atoms with Gasteiger partial charge in [0.1, 0.15) is 0 Å². The van der Waals surface area contributed by atoms with E-state index in [1.807, 2.05) is 12.2 Å². The van der Waals surface area contributed by atoms with E-state index in [0.29, 0.717) is 5.56 Å². The van der Waals surface area contributed by atoms with Gasteiger partial charge in [-0.15, -0.1) is 0 Å². The maximum atomic E-state index is 13.0. The number of thioether (sulfide) groups is 1. The average Bonchev–Trinajstić information content (AvgIpc) is 3.42. The highest BCUT2D eigenvalue weighted by molar-refractivity contribution is 8.26. The fourth-order valence-electron chi connectivity index (χ4n) is 4.56. The first-order valence-corrected chi connectivity index (χ1v) is 10.2. The van der Waals surface area contributed by atoms with Crippen LogP contribution in [-0.4, -0.2) is 37.0 Å². The highest BCUT2D eigenvalue weighted by Gasteiger charge is 2.62. The van der Waals surface area contributed by atoms with Gasteiger partial charge in [0, 0.05) is 12.1 Å². The van der Waals surface area contributed by atoms with Gasteiger partial charge in [0.2, 0.25) is 0 Å². The molecular formula is C19H13N3O5S2. The Bertz CT molecular complexity index is 1030. The van der Waals surface area contributed by atoms with Gasteiger partial charge >= 0.3 is 0 Å². The maximum Gasteiger partial charge on any atom is 0.285 e. The summed E-state index contributed by atoms with van der Waals surface area (Å²) >= 11 is 6.29. The van der Waals surface area contributed by atoms with E-state index in [0.717, 1.165) is 28.2 Å². The van der Waals surface area contributed by atoms with Crippen LogP contribution in [-0.2, 0) is 14.4 Å². The smallest absolute Gasteiger partial charge is 0.272 e. The fraction of sp³-hybridized carbons (Fsp3) is 0.263. The van der Waals surface area contributed by atoms with E-state index in [9.17, 15) is 24.5 Å². The van der Waals surface area contributed by atoms with Gasteiger partial charge in [-0.25, -0.2) is 0 Å². The lowest BCUT2D eigenvalue weighted by molar-refractivity contribution is -0.384. The number of nitrogens with zero attached hydrogens (tertiary/aromatic N) is 3. The molecule has 2 bridgehead atoms. The van der Waals surface area contributed by atoms with Crippen LogP contribution in [0.15, 0.2) is 41.3 Å². The molecular weight excluding hydrogens is 414 g/mol. The van der Waals surface area contributed by atoms with Crippen molar-refractivity contribution in [2.45, 2.75) is 6.42 Å². The number of carbonyl (C=O) groups is 3. The zero-order valence-corrected chi connectivity index (χ0v) is 16.4. The van der Waals surface area contributed by atoms with E-state index in [1.54, 1.807) is 6.08 Å². The lowest BCUT2D eigenvalue weighted by Crippen LogP contribution is -2.49. The molecule has 146 valence electrons. The predicted octanol–water partition coefficient (Wildman–Crippen LogP) is 2.52. The Labute approximate surface area is 174 Å². The molecule has 0 N–H and O–H groups in total. The molecule has 29 heavy (non-hydrogen) atoms. The van der Waals surface area contributed by atoms with Crippen LogP contribution in [0.1, 0.15) is 12.0 Å². The van der Waals surface area contributed by atoms with Crippen LogP contribution in [0.5, 0.6) is 0 Å². The Morgan fingerprint density at radius 2 is 1.62 bits per heavy atom. The van der Waals surface area contributed by atoms with E-state index >= 15 is 0 Å². The van der Waals surface area contributed by atoms with E-state index in [4.69, 9.17) is 12.2 Å². The van der Waals surface area contributed by atoms with Crippen molar-refractivity contribution in [2.75, 3.05) is 0 Å². The molecule has 0 aromatic heterocycles. The van der Waals surface area contributed by atoms with Gasteiger partial charge in [0.25, 0.3) is 23.4 Å². The van der Waals surface area contributed by atoms with Gasteiger partial charge in [-0.1, -0.05) is 23.9 Å². The molecule has 2 aliphatic carbocycles. The van der Waals surface area contributed by atoms with Crippen LogP contribution in [0.25, 0.3) is 6.08 Å². The van der Waals surface area contributed by atoms with Gasteiger partial charge in [-0.2, -0.15) is 10.0 Å². The molecule has 3 amide bonds. The van der Waals surface area contributed by atoms with Crippen molar-refractivity contribution in [1.29, 1.82) is 0 Å². The standard InChI is InChI=1S/C19H13N3O5S2/c23-16-13(7-9-1-5-12(6-2-9)22(26)27)29-19(28)21(16)20-17(24)14-10-3-4-11(8-10)15(14)18(20)25/h1-7,10-11,14-15H,8H2/b13-7-/t10-,11-,14-,15+/m0/s1. The van der Waals surface area contributed by atoms with Gasteiger partial charge < -0.3 is 0 Å². The summed E-state index contributed by atoms with van der Waals surface area (Å²) in [5, 5.41) is 12.7. The Morgan fingerprint density at radius 3 is 2.17 bits per heavy atom. The predicted molar refractivity (Wildman–Crippen MR) is 108 cm³/mol.